The first-order valence-electron chi connectivity index (χ1n) is 7.14. The molecular formula is C16H16NO6S-. The lowest BCUT2D eigenvalue weighted by atomic mass is 10.1. The van der Waals surface area contributed by atoms with Gasteiger partial charge in [0.2, 0.25) is 0 Å². The number of rotatable bonds is 7. The fourth-order valence-corrected chi connectivity index (χ4v) is 3.10. The highest BCUT2D eigenvalue weighted by Gasteiger charge is 2.34. The molecule has 1 aliphatic heterocycles. The van der Waals surface area contributed by atoms with Crippen molar-refractivity contribution in [2.24, 2.45) is 0 Å². The Morgan fingerprint density at radius 2 is 2.04 bits per heavy atom. The van der Waals surface area contributed by atoms with Crippen molar-refractivity contribution in [2.75, 3.05) is 20.8 Å². The van der Waals surface area contributed by atoms with Crippen LogP contribution >= 0.6 is 11.8 Å². The molecule has 7 nitrogen and oxygen atoms in total. The normalized spacial score (nSPS) is 15.9. The van der Waals surface area contributed by atoms with Gasteiger partial charge < -0.3 is 19.4 Å². The predicted molar refractivity (Wildman–Crippen MR) is 86.5 cm³/mol. The Kier molecular flexibility index (Phi) is 5.86. The van der Waals surface area contributed by atoms with Crippen LogP contribution in [0.25, 0.3) is 6.08 Å². The molecule has 1 aromatic carbocycles. The van der Waals surface area contributed by atoms with E-state index >= 15 is 0 Å². The van der Waals surface area contributed by atoms with Crippen LogP contribution in [-0.2, 0) is 9.59 Å². The van der Waals surface area contributed by atoms with Gasteiger partial charge in [-0.05, 0) is 36.7 Å². The summed E-state index contributed by atoms with van der Waals surface area (Å²) in [6.07, 6.45) is 1.52. The van der Waals surface area contributed by atoms with Crippen LogP contribution in [0.1, 0.15) is 18.4 Å². The van der Waals surface area contributed by atoms with Gasteiger partial charge in [-0.25, -0.2) is 0 Å². The van der Waals surface area contributed by atoms with E-state index < -0.39 is 17.1 Å². The van der Waals surface area contributed by atoms with E-state index in [-0.39, 0.29) is 24.3 Å². The fourth-order valence-electron chi connectivity index (χ4n) is 2.24. The van der Waals surface area contributed by atoms with Crippen LogP contribution in [0.3, 0.4) is 0 Å². The zero-order valence-corrected chi connectivity index (χ0v) is 14.1. The van der Waals surface area contributed by atoms with Crippen molar-refractivity contribution in [3.8, 4) is 11.5 Å². The van der Waals surface area contributed by atoms with Crippen LogP contribution < -0.4 is 14.6 Å². The van der Waals surface area contributed by atoms with Gasteiger partial charge in [0.1, 0.15) is 0 Å². The number of nitrogens with zero attached hydrogens (tertiary/aromatic N) is 1. The van der Waals surface area contributed by atoms with Gasteiger partial charge in [0.15, 0.2) is 11.5 Å². The van der Waals surface area contributed by atoms with Crippen molar-refractivity contribution in [1.82, 2.24) is 4.90 Å². The van der Waals surface area contributed by atoms with Crippen molar-refractivity contribution < 1.29 is 29.0 Å². The maximum absolute atomic E-state index is 12.3. The number of carbonyl (C=O) groups excluding carboxylic acids is 3. The molecule has 1 saturated heterocycles. The van der Waals surface area contributed by atoms with E-state index in [0.29, 0.717) is 17.1 Å². The summed E-state index contributed by atoms with van der Waals surface area (Å²) in [6.45, 7) is 0.0469. The third-order valence-corrected chi connectivity index (χ3v) is 4.26. The summed E-state index contributed by atoms with van der Waals surface area (Å²) in [6, 6.07) is 5.21. The monoisotopic (exact) mass is 350 g/mol. The number of carboxylic acids is 1. The number of imide groups is 1. The second-order valence-corrected chi connectivity index (χ2v) is 5.88. The maximum Gasteiger partial charge on any atom is 0.293 e. The molecule has 1 aromatic rings. The van der Waals surface area contributed by atoms with Crippen molar-refractivity contribution in [1.29, 1.82) is 0 Å². The number of benzene rings is 1. The van der Waals surface area contributed by atoms with Crippen molar-refractivity contribution in [3.05, 3.63) is 28.7 Å². The maximum atomic E-state index is 12.3. The average Bonchev–Trinajstić information content (AvgIpc) is 2.81. The molecule has 1 fully saturated rings. The number of amides is 2. The quantitative estimate of drug-likeness (QED) is 0.683. The lowest BCUT2D eigenvalue weighted by Crippen LogP contribution is -2.30. The standard InChI is InChI=1S/C16H17NO6S/c1-22-11-6-3-5-10(14(11)23-2)9-12-15(20)17(16(21)24-12)8-4-7-13(18)19/h3,5-6,9H,4,7-8H2,1-2H3,(H,18,19)/p-1/b12-9-. The molecule has 0 aromatic heterocycles. The number of para-hydroxylation sites is 1. The Morgan fingerprint density at radius 3 is 2.67 bits per heavy atom. The Labute approximate surface area is 143 Å². The third-order valence-electron chi connectivity index (χ3n) is 3.36. The minimum absolute atomic E-state index is 0.0469. The summed E-state index contributed by atoms with van der Waals surface area (Å²) in [5, 5.41) is 10.0. The molecule has 24 heavy (non-hydrogen) atoms. The number of carboxylic acid groups (broad SMARTS) is 1. The first kappa shape index (κ1) is 17.9. The van der Waals surface area contributed by atoms with Gasteiger partial charge in [0.05, 0.1) is 19.1 Å². The first-order chi connectivity index (χ1) is 11.5. The highest BCUT2D eigenvalue weighted by molar-refractivity contribution is 8.18. The Hall–Kier alpha value is -2.48. The fraction of sp³-hybridized carbons (Fsp3) is 0.312. The number of hydrogen-bond donors (Lipinski definition) is 0. The predicted octanol–water partition coefficient (Wildman–Crippen LogP) is 1.27. The average molecular weight is 350 g/mol. The van der Waals surface area contributed by atoms with E-state index in [0.717, 1.165) is 16.7 Å². The molecule has 0 spiro atoms. The van der Waals surface area contributed by atoms with Gasteiger partial charge in [-0.15, -0.1) is 0 Å². The van der Waals surface area contributed by atoms with Gasteiger partial charge >= 0.3 is 0 Å². The number of carbonyl (C=O) groups is 3. The van der Waals surface area contributed by atoms with Crippen LogP contribution in [0.5, 0.6) is 11.5 Å². The number of methoxy groups -OCH3 is 2. The number of hydrogen-bond acceptors (Lipinski definition) is 7. The summed E-state index contributed by atoms with van der Waals surface area (Å²) in [7, 11) is 2.99. The van der Waals surface area contributed by atoms with Crippen LogP contribution in [-0.4, -0.2) is 42.8 Å². The van der Waals surface area contributed by atoms with E-state index in [2.05, 4.69) is 0 Å². The topological polar surface area (TPSA) is 96.0 Å². The molecule has 0 unspecified atom stereocenters. The highest BCUT2D eigenvalue weighted by Crippen LogP contribution is 2.37. The summed E-state index contributed by atoms with van der Waals surface area (Å²) in [4.78, 5) is 36.0. The number of aliphatic carboxylic acids is 1. The van der Waals surface area contributed by atoms with E-state index in [1.807, 2.05) is 0 Å². The third kappa shape index (κ3) is 3.88. The van der Waals surface area contributed by atoms with Gasteiger partial charge in [-0.1, -0.05) is 12.1 Å². The van der Waals surface area contributed by atoms with Crippen LogP contribution in [0.15, 0.2) is 23.1 Å². The van der Waals surface area contributed by atoms with Crippen LogP contribution in [0.2, 0.25) is 0 Å². The van der Waals surface area contributed by atoms with Crippen LogP contribution in [0.4, 0.5) is 4.79 Å². The SMILES string of the molecule is COc1cccc(/C=C2\SC(=O)N(CCCC(=O)[O-])C2=O)c1OC. The van der Waals surface area contributed by atoms with Crippen LogP contribution in [0, 0.1) is 0 Å². The second kappa shape index (κ2) is 7.87. The molecule has 0 radical (unpaired) electrons. The smallest absolute Gasteiger partial charge is 0.293 e. The molecule has 0 saturated carbocycles. The molecule has 0 N–H and O–H groups in total. The van der Waals surface area contributed by atoms with E-state index in [4.69, 9.17) is 9.47 Å². The molecule has 2 amide bonds. The molecule has 0 aliphatic carbocycles. The van der Waals surface area contributed by atoms with Crippen molar-refractivity contribution in [3.63, 3.8) is 0 Å². The summed E-state index contributed by atoms with van der Waals surface area (Å²) in [5.74, 6) is -0.685. The first-order valence-corrected chi connectivity index (χ1v) is 7.95. The second-order valence-electron chi connectivity index (χ2n) is 4.89. The molecule has 0 bridgehead atoms. The Morgan fingerprint density at radius 1 is 1.29 bits per heavy atom. The van der Waals surface area contributed by atoms with E-state index in [1.54, 1.807) is 24.3 Å². The summed E-state index contributed by atoms with van der Waals surface area (Å²) >= 11 is 0.807. The van der Waals surface area contributed by atoms with Gasteiger partial charge in [0.25, 0.3) is 11.1 Å². The molecule has 1 aliphatic rings. The van der Waals surface area contributed by atoms with Gasteiger partial charge in [-0.3, -0.25) is 14.5 Å². The molecule has 0 atom stereocenters. The molecular weight excluding hydrogens is 334 g/mol. The van der Waals surface area contributed by atoms with Crippen molar-refractivity contribution in [2.45, 2.75) is 12.8 Å². The van der Waals surface area contributed by atoms with Gasteiger partial charge in [-0.2, -0.15) is 0 Å². The van der Waals surface area contributed by atoms with Gasteiger partial charge in [0, 0.05) is 18.1 Å². The highest BCUT2D eigenvalue weighted by atomic mass is 32.2. The minimum Gasteiger partial charge on any atom is -0.550 e. The molecule has 2 rings (SSSR count). The number of thioether (sulfide) groups is 1. The van der Waals surface area contributed by atoms with E-state index in [1.165, 1.54) is 14.2 Å². The minimum atomic E-state index is -1.21. The zero-order chi connectivity index (χ0) is 17.7. The lowest BCUT2D eigenvalue weighted by Gasteiger charge is -2.12. The largest absolute Gasteiger partial charge is 0.550 e. The summed E-state index contributed by atoms with van der Waals surface area (Å²) < 4.78 is 10.5. The Bertz CT molecular complexity index is 700. The van der Waals surface area contributed by atoms with E-state index in [9.17, 15) is 19.5 Å². The number of ether oxygens (including phenoxy) is 2. The lowest BCUT2D eigenvalue weighted by molar-refractivity contribution is -0.305. The molecule has 1 heterocycles. The van der Waals surface area contributed by atoms with Crippen molar-refractivity contribution >= 4 is 35.0 Å². The molecule has 128 valence electrons. The Balaban J connectivity index is 2.21. The summed E-state index contributed by atoms with van der Waals surface area (Å²) in [5.41, 5.74) is 0.608. The molecule has 8 heteroatoms. The zero-order valence-electron chi connectivity index (χ0n) is 13.2.